The summed E-state index contributed by atoms with van der Waals surface area (Å²) >= 11 is 0. The number of amides is 1. The third-order valence-corrected chi connectivity index (χ3v) is 3.28. The van der Waals surface area contributed by atoms with Gasteiger partial charge in [-0.15, -0.1) is 0 Å². The third kappa shape index (κ3) is 4.29. The van der Waals surface area contributed by atoms with E-state index in [0.29, 0.717) is 5.69 Å². The van der Waals surface area contributed by atoms with Gasteiger partial charge in [0, 0.05) is 11.7 Å². The molecule has 1 aromatic heterocycles. The molecular weight excluding hydrogens is 264 g/mol. The van der Waals surface area contributed by atoms with Crippen LogP contribution in [-0.2, 0) is 4.79 Å². The number of nitrogens with two attached hydrogens (primary N) is 1. The largest absolute Gasteiger partial charge is 0.340 e. The van der Waals surface area contributed by atoms with Crippen molar-refractivity contribution in [3.63, 3.8) is 0 Å². The molecule has 0 radical (unpaired) electrons. The number of carbonyl (C=O) groups excluding carboxylic acids is 1. The number of aromatic nitrogens is 1. The van der Waals surface area contributed by atoms with Crippen molar-refractivity contribution in [1.82, 2.24) is 4.98 Å². The predicted molar refractivity (Wildman–Crippen MR) is 85.4 cm³/mol. The van der Waals surface area contributed by atoms with Gasteiger partial charge < -0.3 is 16.4 Å². The van der Waals surface area contributed by atoms with Crippen molar-refractivity contribution in [2.75, 3.05) is 10.6 Å². The maximum absolute atomic E-state index is 11.9. The number of anilines is 3. The van der Waals surface area contributed by atoms with Gasteiger partial charge in [-0.2, -0.15) is 0 Å². The molecule has 0 fully saturated rings. The Kier molecular flexibility index (Phi) is 4.90. The van der Waals surface area contributed by atoms with E-state index in [1.807, 2.05) is 49.4 Å². The van der Waals surface area contributed by atoms with Gasteiger partial charge in [-0.25, -0.2) is 4.98 Å². The van der Waals surface area contributed by atoms with E-state index >= 15 is 0 Å². The lowest BCUT2D eigenvalue weighted by Gasteiger charge is -2.15. The Morgan fingerprint density at radius 3 is 2.38 bits per heavy atom. The van der Waals surface area contributed by atoms with E-state index in [1.54, 1.807) is 13.1 Å². The van der Waals surface area contributed by atoms with Gasteiger partial charge >= 0.3 is 0 Å². The van der Waals surface area contributed by atoms with Crippen LogP contribution in [0.3, 0.4) is 0 Å². The average Bonchev–Trinajstić information content (AvgIpc) is 2.49. The SMILES string of the molecule is CC(N)C(C)C(=O)Nc1ccc(Nc2ccccc2)nc1. The van der Waals surface area contributed by atoms with Gasteiger partial charge in [-0.1, -0.05) is 25.1 Å². The van der Waals surface area contributed by atoms with Gasteiger partial charge in [-0.3, -0.25) is 4.79 Å². The standard InChI is InChI=1S/C16H20N4O/c1-11(12(2)17)16(21)20-14-8-9-15(18-10-14)19-13-6-4-3-5-7-13/h3-12H,17H2,1-2H3,(H,18,19)(H,20,21). The first-order chi connectivity index (χ1) is 10.1. The molecule has 0 spiro atoms. The van der Waals surface area contributed by atoms with E-state index in [9.17, 15) is 4.79 Å². The zero-order chi connectivity index (χ0) is 15.2. The van der Waals surface area contributed by atoms with Crippen molar-refractivity contribution in [3.05, 3.63) is 48.7 Å². The summed E-state index contributed by atoms with van der Waals surface area (Å²) in [6.45, 7) is 3.62. The van der Waals surface area contributed by atoms with Crippen molar-refractivity contribution in [2.24, 2.45) is 11.7 Å². The zero-order valence-corrected chi connectivity index (χ0v) is 12.2. The Balaban J connectivity index is 1.98. The first-order valence-corrected chi connectivity index (χ1v) is 6.91. The molecule has 0 saturated heterocycles. The summed E-state index contributed by atoms with van der Waals surface area (Å²) in [6, 6.07) is 13.2. The molecule has 2 unspecified atom stereocenters. The van der Waals surface area contributed by atoms with Gasteiger partial charge in [0.05, 0.1) is 17.8 Å². The molecule has 1 heterocycles. The molecule has 2 aromatic rings. The van der Waals surface area contributed by atoms with Crippen LogP contribution < -0.4 is 16.4 Å². The first-order valence-electron chi connectivity index (χ1n) is 6.91. The Labute approximate surface area is 124 Å². The molecule has 0 bridgehead atoms. The van der Waals surface area contributed by atoms with Gasteiger partial charge in [0.2, 0.25) is 5.91 Å². The number of para-hydroxylation sites is 1. The molecule has 5 nitrogen and oxygen atoms in total. The van der Waals surface area contributed by atoms with Crippen molar-refractivity contribution in [1.29, 1.82) is 0 Å². The van der Waals surface area contributed by atoms with Crippen LogP contribution in [0, 0.1) is 5.92 Å². The number of nitrogens with one attached hydrogen (secondary N) is 2. The molecular formula is C16H20N4O. The summed E-state index contributed by atoms with van der Waals surface area (Å²) in [4.78, 5) is 16.2. The van der Waals surface area contributed by atoms with Gasteiger partial charge in [-0.05, 0) is 31.2 Å². The van der Waals surface area contributed by atoms with Crippen LogP contribution >= 0.6 is 0 Å². The fourth-order valence-electron chi connectivity index (χ4n) is 1.71. The van der Waals surface area contributed by atoms with E-state index in [1.165, 1.54) is 0 Å². The number of benzene rings is 1. The van der Waals surface area contributed by atoms with E-state index in [4.69, 9.17) is 5.73 Å². The van der Waals surface area contributed by atoms with Crippen LogP contribution in [0.15, 0.2) is 48.7 Å². The van der Waals surface area contributed by atoms with Gasteiger partial charge in [0.15, 0.2) is 0 Å². The number of hydrogen-bond donors (Lipinski definition) is 3. The molecule has 5 heteroatoms. The topological polar surface area (TPSA) is 80.0 Å². The normalized spacial score (nSPS) is 13.3. The Morgan fingerprint density at radius 1 is 1.10 bits per heavy atom. The lowest BCUT2D eigenvalue weighted by Crippen LogP contribution is -2.34. The Hall–Kier alpha value is -2.40. The highest BCUT2D eigenvalue weighted by Crippen LogP contribution is 2.16. The summed E-state index contributed by atoms with van der Waals surface area (Å²) in [5.41, 5.74) is 7.34. The summed E-state index contributed by atoms with van der Waals surface area (Å²) in [5.74, 6) is 0.377. The quantitative estimate of drug-likeness (QED) is 0.788. The van der Waals surface area contributed by atoms with Crippen molar-refractivity contribution in [2.45, 2.75) is 19.9 Å². The minimum Gasteiger partial charge on any atom is -0.340 e. The van der Waals surface area contributed by atoms with Gasteiger partial charge in [0.1, 0.15) is 5.82 Å². The monoisotopic (exact) mass is 284 g/mol. The van der Waals surface area contributed by atoms with E-state index in [0.717, 1.165) is 11.5 Å². The minimum atomic E-state index is -0.243. The summed E-state index contributed by atoms with van der Waals surface area (Å²) in [5, 5.41) is 5.99. The summed E-state index contributed by atoms with van der Waals surface area (Å²) in [7, 11) is 0. The molecule has 1 amide bonds. The second-order valence-corrected chi connectivity index (χ2v) is 5.06. The van der Waals surface area contributed by atoms with Gasteiger partial charge in [0.25, 0.3) is 0 Å². The number of pyridine rings is 1. The van der Waals surface area contributed by atoms with Crippen molar-refractivity contribution in [3.8, 4) is 0 Å². The minimum absolute atomic E-state index is 0.101. The van der Waals surface area contributed by atoms with Crippen LogP contribution in [0.5, 0.6) is 0 Å². The molecule has 0 aliphatic rings. The smallest absolute Gasteiger partial charge is 0.228 e. The molecule has 110 valence electrons. The second kappa shape index (κ2) is 6.85. The molecule has 0 aliphatic carbocycles. The Morgan fingerprint density at radius 2 is 1.81 bits per heavy atom. The van der Waals surface area contributed by atoms with E-state index < -0.39 is 0 Å². The lowest BCUT2D eigenvalue weighted by molar-refractivity contribution is -0.119. The van der Waals surface area contributed by atoms with Crippen LogP contribution in [0.1, 0.15) is 13.8 Å². The van der Waals surface area contributed by atoms with Crippen LogP contribution in [0.25, 0.3) is 0 Å². The molecule has 0 aliphatic heterocycles. The highest BCUT2D eigenvalue weighted by molar-refractivity contribution is 5.92. The maximum atomic E-state index is 11.9. The third-order valence-electron chi connectivity index (χ3n) is 3.28. The highest BCUT2D eigenvalue weighted by atomic mass is 16.1. The maximum Gasteiger partial charge on any atom is 0.228 e. The fraction of sp³-hybridized carbons (Fsp3) is 0.250. The number of carbonyl (C=O) groups is 1. The van der Waals surface area contributed by atoms with Crippen LogP contribution in [0.4, 0.5) is 17.2 Å². The molecule has 0 saturated carbocycles. The van der Waals surface area contributed by atoms with Crippen LogP contribution in [-0.4, -0.2) is 16.9 Å². The Bertz CT molecular complexity index is 581. The molecule has 2 atom stereocenters. The second-order valence-electron chi connectivity index (χ2n) is 5.06. The summed E-state index contributed by atoms with van der Waals surface area (Å²) < 4.78 is 0. The molecule has 1 aromatic carbocycles. The van der Waals surface area contributed by atoms with Crippen LogP contribution in [0.2, 0.25) is 0 Å². The first kappa shape index (κ1) is 15.0. The zero-order valence-electron chi connectivity index (χ0n) is 12.2. The van der Waals surface area contributed by atoms with Crippen molar-refractivity contribution < 1.29 is 4.79 Å². The van der Waals surface area contributed by atoms with Crippen molar-refractivity contribution >= 4 is 23.1 Å². The number of rotatable bonds is 5. The van der Waals surface area contributed by atoms with E-state index in [-0.39, 0.29) is 17.9 Å². The molecule has 2 rings (SSSR count). The average molecular weight is 284 g/mol. The molecule has 21 heavy (non-hydrogen) atoms. The number of hydrogen-bond acceptors (Lipinski definition) is 4. The number of nitrogens with zero attached hydrogens (tertiary/aromatic N) is 1. The molecule has 4 N–H and O–H groups in total. The summed E-state index contributed by atoms with van der Waals surface area (Å²) in [6.07, 6.45) is 1.62. The lowest BCUT2D eigenvalue weighted by atomic mass is 10.0. The predicted octanol–water partition coefficient (Wildman–Crippen LogP) is 2.75. The highest BCUT2D eigenvalue weighted by Gasteiger charge is 2.16. The fourth-order valence-corrected chi connectivity index (χ4v) is 1.71. The van der Waals surface area contributed by atoms with E-state index in [2.05, 4.69) is 15.6 Å².